The Bertz CT molecular complexity index is 808. The Morgan fingerprint density at radius 3 is 2.16 bits per heavy atom. The molecule has 0 aliphatic carbocycles. The molecule has 0 fully saturated rings. The van der Waals surface area contributed by atoms with E-state index in [1.165, 1.54) is 11.1 Å². The van der Waals surface area contributed by atoms with Crippen LogP contribution in [0.5, 0.6) is 11.5 Å². The first-order valence-corrected chi connectivity index (χ1v) is 12.3. The lowest BCUT2D eigenvalue weighted by Gasteiger charge is -2.27. The summed E-state index contributed by atoms with van der Waals surface area (Å²) in [5.41, 5.74) is 2.22. The molecule has 1 N–H and O–H groups in total. The normalized spacial score (nSPS) is 13.8. The largest absolute Gasteiger partial charge is 0.492 e. The van der Waals surface area contributed by atoms with Crippen molar-refractivity contribution in [2.45, 2.75) is 52.2 Å². The van der Waals surface area contributed by atoms with E-state index in [2.05, 4.69) is 67.6 Å². The molecule has 4 nitrogen and oxygen atoms in total. The first-order chi connectivity index (χ1) is 14.6. The molecule has 31 heavy (non-hydrogen) atoms. The molecule has 0 bridgehead atoms. The van der Waals surface area contributed by atoms with E-state index in [1.54, 1.807) is 0 Å². The van der Waals surface area contributed by atoms with Gasteiger partial charge in [0.2, 0.25) is 0 Å². The van der Waals surface area contributed by atoms with Gasteiger partial charge in [-0.25, -0.2) is 0 Å². The highest BCUT2D eigenvalue weighted by Gasteiger charge is 2.24. The number of rotatable bonds is 12. The minimum atomic E-state index is -0.645. The minimum absolute atomic E-state index is 0.0917. The van der Waals surface area contributed by atoms with E-state index in [1.807, 2.05) is 32.0 Å². The summed E-state index contributed by atoms with van der Waals surface area (Å²) in [5.74, 6) is 2.53. The molecule has 6 heteroatoms. The molecule has 0 aliphatic rings. The molecule has 2 rings (SSSR count). The summed E-state index contributed by atoms with van der Waals surface area (Å²) < 4.78 is 18.1. The van der Waals surface area contributed by atoms with Gasteiger partial charge in [-0.05, 0) is 71.8 Å². The molecule has 0 saturated heterocycles. The van der Waals surface area contributed by atoms with Crippen molar-refractivity contribution in [3.8, 4) is 11.5 Å². The van der Waals surface area contributed by atoms with Gasteiger partial charge in [0.25, 0.3) is 0 Å². The van der Waals surface area contributed by atoms with Gasteiger partial charge in [0.05, 0.1) is 22.9 Å². The summed E-state index contributed by atoms with van der Waals surface area (Å²) in [5, 5.41) is 9.96. The fourth-order valence-corrected chi connectivity index (χ4v) is 3.72. The van der Waals surface area contributed by atoms with Crippen molar-refractivity contribution < 1.29 is 19.3 Å². The third kappa shape index (κ3) is 8.12. The second kappa shape index (κ2) is 12.3. The van der Waals surface area contributed by atoms with E-state index in [9.17, 15) is 5.11 Å². The topological polar surface area (TPSA) is 47.9 Å². The van der Waals surface area contributed by atoms with Crippen LogP contribution in [0.15, 0.2) is 42.5 Å². The fourth-order valence-electron chi connectivity index (χ4n) is 2.96. The molecule has 0 saturated carbocycles. The number of aliphatic hydroxyl groups is 1. The number of ether oxygens (including phenoxy) is 3. The first kappa shape index (κ1) is 26.2. The molecular weight excluding hydrogens is 527 g/mol. The molecule has 0 amide bonds. The van der Waals surface area contributed by atoms with E-state index in [0.717, 1.165) is 15.1 Å². The number of aliphatic hydroxyl groups excluding tert-OH is 1. The highest BCUT2D eigenvalue weighted by Crippen LogP contribution is 2.35. The molecule has 0 spiro atoms. The van der Waals surface area contributed by atoms with Crippen molar-refractivity contribution in [3.63, 3.8) is 0 Å². The zero-order valence-electron chi connectivity index (χ0n) is 19.0. The zero-order chi connectivity index (χ0) is 23.0. The van der Waals surface area contributed by atoms with Crippen LogP contribution in [0, 0.1) is 9.49 Å². The predicted molar refractivity (Wildman–Crippen MR) is 136 cm³/mol. The van der Waals surface area contributed by atoms with Crippen LogP contribution in [0.2, 0.25) is 0 Å². The summed E-state index contributed by atoms with van der Waals surface area (Å²) in [6.07, 6.45) is -0.553. The summed E-state index contributed by atoms with van der Waals surface area (Å²) in [6.45, 7) is 11.5. The highest BCUT2D eigenvalue weighted by molar-refractivity contribution is 14.1. The molecule has 172 valence electrons. The molecule has 0 radical (unpaired) electrons. The maximum absolute atomic E-state index is 9.96. The van der Waals surface area contributed by atoms with Crippen molar-refractivity contribution >= 4 is 34.2 Å². The Balaban J connectivity index is 2.02. The highest BCUT2D eigenvalue weighted by atomic mass is 127. The quantitative estimate of drug-likeness (QED) is 0.254. The first-order valence-electron chi connectivity index (χ1n) is 10.6. The van der Waals surface area contributed by atoms with Gasteiger partial charge < -0.3 is 19.3 Å². The van der Waals surface area contributed by atoms with Gasteiger partial charge in [0.15, 0.2) is 0 Å². The van der Waals surface area contributed by atoms with Gasteiger partial charge in [0.1, 0.15) is 24.2 Å². The fraction of sp³-hybridized carbons (Fsp3) is 0.520. The van der Waals surface area contributed by atoms with Gasteiger partial charge >= 0.3 is 0 Å². The predicted octanol–water partition coefficient (Wildman–Crippen LogP) is 6.04. The van der Waals surface area contributed by atoms with Crippen LogP contribution in [0.4, 0.5) is 0 Å². The lowest BCUT2D eigenvalue weighted by atomic mass is 9.78. The molecule has 0 unspecified atom stereocenters. The van der Waals surface area contributed by atoms with Gasteiger partial charge in [-0.2, -0.15) is 0 Å². The van der Waals surface area contributed by atoms with Gasteiger partial charge in [-0.15, -0.1) is 11.6 Å². The van der Waals surface area contributed by atoms with Crippen molar-refractivity contribution in [2.24, 2.45) is 5.92 Å². The van der Waals surface area contributed by atoms with E-state index >= 15 is 0 Å². The Kier molecular flexibility index (Phi) is 10.4. The van der Waals surface area contributed by atoms with Crippen LogP contribution in [-0.2, 0) is 10.2 Å². The van der Waals surface area contributed by atoms with Crippen LogP contribution in [0.25, 0.3) is 0 Å². The Morgan fingerprint density at radius 2 is 1.58 bits per heavy atom. The number of hydrogen-bond donors (Lipinski definition) is 1. The van der Waals surface area contributed by atoms with Crippen molar-refractivity contribution in [1.82, 2.24) is 0 Å². The summed E-state index contributed by atoms with van der Waals surface area (Å²) in [6, 6.07) is 14.4. The smallest absolute Gasteiger partial charge is 0.132 e. The van der Waals surface area contributed by atoms with E-state index in [4.69, 9.17) is 25.8 Å². The summed E-state index contributed by atoms with van der Waals surface area (Å²) >= 11 is 8.20. The number of hydrogen-bond acceptors (Lipinski definition) is 4. The Labute approximate surface area is 205 Å². The third-order valence-corrected chi connectivity index (χ3v) is 6.45. The van der Waals surface area contributed by atoms with Crippen LogP contribution in [-0.4, -0.2) is 43.0 Å². The molecule has 2 aromatic carbocycles. The maximum atomic E-state index is 9.96. The number of halogens is 2. The van der Waals surface area contributed by atoms with Crippen LogP contribution in [0.1, 0.15) is 45.7 Å². The van der Waals surface area contributed by atoms with Crippen molar-refractivity contribution in [3.05, 3.63) is 57.2 Å². The second-order valence-corrected chi connectivity index (χ2v) is 10.2. The maximum Gasteiger partial charge on any atom is 0.132 e. The monoisotopic (exact) mass is 560 g/mol. The van der Waals surface area contributed by atoms with Crippen LogP contribution < -0.4 is 9.47 Å². The average molecular weight is 561 g/mol. The zero-order valence-corrected chi connectivity index (χ0v) is 21.9. The third-order valence-electron chi connectivity index (χ3n) is 5.08. The Morgan fingerprint density at radius 1 is 0.935 bits per heavy atom. The van der Waals surface area contributed by atoms with E-state index < -0.39 is 6.10 Å². The van der Waals surface area contributed by atoms with Gasteiger partial charge in [-0.1, -0.05) is 39.0 Å². The number of alkyl halides is 1. The minimum Gasteiger partial charge on any atom is -0.492 e. The molecule has 0 heterocycles. The van der Waals surface area contributed by atoms with E-state index in [0.29, 0.717) is 18.4 Å². The van der Waals surface area contributed by atoms with Crippen LogP contribution >= 0.6 is 34.2 Å². The molecule has 0 aliphatic heterocycles. The number of benzene rings is 2. The second-order valence-electron chi connectivity index (χ2n) is 8.71. The lowest BCUT2D eigenvalue weighted by molar-refractivity contribution is -0.0122. The Hall–Kier alpha value is -1.02. The SMILES string of the molecule is CC(C)OC[C@H](O)COc1ccc(C(C)(C)c2ccc(OC[C@H](C)CCl)c(I)c2)cc1. The molecular formula is C25H34ClIO4. The lowest BCUT2D eigenvalue weighted by Crippen LogP contribution is -2.25. The molecule has 2 atom stereocenters. The van der Waals surface area contributed by atoms with Gasteiger partial charge in [0, 0.05) is 17.2 Å². The van der Waals surface area contributed by atoms with E-state index in [-0.39, 0.29) is 24.7 Å². The summed E-state index contributed by atoms with van der Waals surface area (Å²) in [7, 11) is 0. The molecule has 0 aromatic heterocycles. The van der Waals surface area contributed by atoms with Crippen molar-refractivity contribution in [1.29, 1.82) is 0 Å². The van der Waals surface area contributed by atoms with Gasteiger partial charge in [-0.3, -0.25) is 0 Å². The van der Waals surface area contributed by atoms with Crippen molar-refractivity contribution in [2.75, 3.05) is 25.7 Å². The standard InChI is InChI=1S/C25H34ClIO4/c1-17(2)29-15-21(28)16-30-22-9-6-19(7-10-22)25(4,5)20-8-11-24(23(27)12-20)31-14-18(3)13-26/h6-12,17-18,21,28H,13-16H2,1-5H3/t18-,21+/m1/s1. The van der Waals surface area contributed by atoms with Crippen LogP contribution in [0.3, 0.4) is 0 Å². The molecule has 2 aromatic rings. The average Bonchev–Trinajstić information content (AvgIpc) is 2.75. The summed E-state index contributed by atoms with van der Waals surface area (Å²) in [4.78, 5) is 0.